The van der Waals surface area contributed by atoms with Crippen LogP contribution in [0, 0.1) is 5.92 Å². The number of thiophene rings is 1. The van der Waals surface area contributed by atoms with Crippen LogP contribution < -0.4 is 0 Å². The standard InChI is InChI=1S/C13H17NO2S2/c15-7-9-1-3-14(6-9)13(16)12-5-10-8-17-4-2-11(10)18-12/h5,9,15H,1-4,6-8H2. The van der Waals surface area contributed by atoms with E-state index in [-0.39, 0.29) is 18.4 Å². The third-order valence-corrected chi connectivity index (χ3v) is 5.90. The van der Waals surface area contributed by atoms with Crippen molar-refractivity contribution in [2.24, 2.45) is 5.92 Å². The lowest BCUT2D eigenvalue weighted by Gasteiger charge is -2.14. The molecule has 0 aromatic carbocycles. The van der Waals surface area contributed by atoms with E-state index in [0.29, 0.717) is 6.54 Å². The third kappa shape index (κ3) is 2.31. The van der Waals surface area contributed by atoms with Crippen LogP contribution in [-0.4, -0.2) is 41.4 Å². The lowest BCUT2D eigenvalue weighted by Crippen LogP contribution is -2.28. The minimum Gasteiger partial charge on any atom is -0.396 e. The summed E-state index contributed by atoms with van der Waals surface area (Å²) >= 11 is 3.62. The Labute approximate surface area is 115 Å². The highest BCUT2D eigenvalue weighted by Crippen LogP contribution is 2.32. The highest BCUT2D eigenvalue weighted by Gasteiger charge is 2.28. The van der Waals surface area contributed by atoms with E-state index in [4.69, 9.17) is 5.11 Å². The largest absolute Gasteiger partial charge is 0.396 e. The Hall–Kier alpha value is -0.520. The van der Waals surface area contributed by atoms with E-state index in [1.165, 1.54) is 16.2 Å². The minimum atomic E-state index is 0.162. The van der Waals surface area contributed by atoms with Gasteiger partial charge in [-0.1, -0.05) is 0 Å². The molecule has 2 aliphatic rings. The number of hydrogen-bond acceptors (Lipinski definition) is 4. The summed E-state index contributed by atoms with van der Waals surface area (Å²) in [5, 5.41) is 9.13. The lowest BCUT2D eigenvalue weighted by atomic mass is 10.1. The minimum absolute atomic E-state index is 0.162. The van der Waals surface area contributed by atoms with Gasteiger partial charge in [0.25, 0.3) is 5.91 Å². The number of rotatable bonds is 2. The predicted octanol–water partition coefficient (Wildman–Crippen LogP) is 1.99. The van der Waals surface area contributed by atoms with Crippen LogP contribution in [0.2, 0.25) is 0 Å². The van der Waals surface area contributed by atoms with Crippen LogP contribution in [0.15, 0.2) is 6.07 Å². The van der Waals surface area contributed by atoms with Gasteiger partial charge < -0.3 is 10.0 Å². The van der Waals surface area contributed by atoms with E-state index < -0.39 is 0 Å². The summed E-state index contributed by atoms with van der Waals surface area (Å²) in [5.74, 6) is 2.67. The highest BCUT2D eigenvalue weighted by atomic mass is 32.2. The van der Waals surface area contributed by atoms with Crippen LogP contribution in [0.3, 0.4) is 0 Å². The molecule has 1 fully saturated rings. The molecule has 5 heteroatoms. The second-order valence-electron chi connectivity index (χ2n) is 4.95. The fourth-order valence-electron chi connectivity index (χ4n) is 2.57. The number of aliphatic hydroxyl groups is 1. The molecular formula is C13H17NO2S2. The molecule has 2 aliphatic heterocycles. The van der Waals surface area contributed by atoms with E-state index in [9.17, 15) is 4.79 Å². The van der Waals surface area contributed by atoms with Gasteiger partial charge in [0.15, 0.2) is 0 Å². The molecule has 0 aliphatic carbocycles. The van der Waals surface area contributed by atoms with Crippen LogP contribution in [-0.2, 0) is 12.2 Å². The zero-order valence-corrected chi connectivity index (χ0v) is 11.9. The maximum absolute atomic E-state index is 12.4. The van der Waals surface area contributed by atoms with Crippen LogP contribution >= 0.6 is 23.1 Å². The first-order valence-electron chi connectivity index (χ1n) is 6.37. The lowest BCUT2D eigenvalue weighted by molar-refractivity contribution is 0.0786. The number of likely N-dealkylation sites (tertiary alicyclic amines) is 1. The van der Waals surface area contributed by atoms with Gasteiger partial charge >= 0.3 is 0 Å². The quantitative estimate of drug-likeness (QED) is 0.902. The summed E-state index contributed by atoms with van der Waals surface area (Å²) < 4.78 is 0. The number of fused-ring (bicyclic) bond motifs is 1. The normalized spacial score (nSPS) is 23.2. The molecule has 1 amide bonds. The molecule has 1 aromatic heterocycles. The fourth-order valence-corrected chi connectivity index (χ4v) is 4.91. The Kier molecular flexibility index (Phi) is 3.63. The van der Waals surface area contributed by atoms with E-state index in [1.54, 1.807) is 11.3 Å². The van der Waals surface area contributed by atoms with Crippen LogP contribution in [0.25, 0.3) is 0 Å². The number of carbonyl (C=O) groups excluding carboxylic acids is 1. The Balaban J connectivity index is 1.74. The van der Waals surface area contributed by atoms with Crippen LogP contribution in [0.4, 0.5) is 0 Å². The third-order valence-electron chi connectivity index (χ3n) is 3.67. The van der Waals surface area contributed by atoms with Crippen molar-refractivity contribution >= 4 is 29.0 Å². The average Bonchev–Trinajstić information content (AvgIpc) is 3.04. The van der Waals surface area contributed by atoms with Crippen LogP contribution in [0.5, 0.6) is 0 Å². The number of thioether (sulfide) groups is 1. The van der Waals surface area contributed by atoms with E-state index in [2.05, 4.69) is 6.07 Å². The summed E-state index contributed by atoms with van der Waals surface area (Å²) in [4.78, 5) is 16.6. The molecule has 1 unspecified atom stereocenters. The molecule has 1 saturated heterocycles. The number of carbonyl (C=O) groups is 1. The summed E-state index contributed by atoms with van der Waals surface area (Å²) in [7, 11) is 0. The van der Waals surface area contributed by atoms with Gasteiger partial charge in [0, 0.05) is 36.2 Å². The SMILES string of the molecule is O=C(c1cc2c(s1)CCSC2)N1CCC(CO)C1. The molecule has 3 rings (SSSR count). The zero-order valence-electron chi connectivity index (χ0n) is 10.2. The number of hydrogen-bond donors (Lipinski definition) is 1. The van der Waals surface area contributed by atoms with Crippen molar-refractivity contribution in [2.45, 2.75) is 18.6 Å². The van der Waals surface area contributed by atoms with Gasteiger partial charge in [-0.25, -0.2) is 0 Å². The van der Waals surface area contributed by atoms with Crippen molar-refractivity contribution in [3.05, 3.63) is 21.4 Å². The Morgan fingerprint density at radius 2 is 2.44 bits per heavy atom. The molecule has 1 N–H and O–H groups in total. The van der Waals surface area contributed by atoms with E-state index >= 15 is 0 Å². The van der Waals surface area contributed by atoms with E-state index in [0.717, 1.165) is 30.0 Å². The van der Waals surface area contributed by atoms with Crippen molar-refractivity contribution < 1.29 is 9.90 Å². The van der Waals surface area contributed by atoms with Crippen molar-refractivity contribution in [3.63, 3.8) is 0 Å². The second-order valence-corrected chi connectivity index (χ2v) is 7.19. The van der Waals surface area contributed by atoms with Gasteiger partial charge in [-0.15, -0.1) is 11.3 Å². The number of aliphatic hydroxyl groups excluding tert-OH is 1. The molecular weight excluding hydrogens is 266 g/mol. The molecule has 0 bridgehead atoms. The summed E-state index contributed by atoms with van der Waals surface area (Å²) in [6, 6.07) is 2.08. The van der Waals surface area contributed by atoms with Gasteiger partial charge in [0.2, 0.25) is 0 Å². The first kappa shape index (κ1) is 12.5. The smallest absolute Gasteiger partial charge is 0.263 e. The van der Waals surface area contributed by atoms with Gasteiger partial charge in [-0.3, -0.25) is 4.79 Å². The molecule has 0 spiro atoms. The van der Waals surface area contributed by atoms with Gasteiger partial charge in [-0.2, -0.15) is 11.8 Å². The first-order chi connectivity index (χ1) is 8.78. The first-order valence-corrected chi connectivity index (χ1v) is 8.34. The number of nitrogens with zero attached hydrogens (tertiary/aromatic N) is 1. The summed E-state index contributed by atoms with van der Waals surface area (Å²) in [6.45, 7) is 1.70. The van der Waals surface area contributed by atoms with Gasteiger partial charge in [-0.05, 0) is 30.2 Å². The van der Waals surface area contributed by atoms with Crippen molar-refractivity contribution in [3.8, 4) is 0 Å². The maximum atomic E-state index is 12.4. The van der Waals surface area contributed by atoms with E-state index in [1.807, 2.05) is 16.7 Å². The van der Waals surface area contributed by atoms with Crippen molar-refractivity contribution in [1.29, 1.82) is 0 Å². The molecule has 0 radical (unpaired) electrons. The summed E-state index contributed by atoms with van der Waals surface area (Å²) in [6.07, 6.45) is 2.04. The van der Waals surface area contributed by atoms with Gasteiger partial charge in [0.1, 0.15) is 0 Å². The molecule has 3 nitrogen and oxygen atoms in total. The van der Waals surface area contributed by atoms with Gasteiger partial charge in [0.05, 0.1) is 4.88 Å². The molecule has 98 valence electrons. The molecule has 0 saturated carbocycles. The monoisotopic (exact) mass is 283 g/mol. The summed E-state index contributed by atoms with van der Waals surface area (Å²) in [5.41, 5.74) is 1.36. The predicted molar refractivity (Wildman–Crippen MR) is 75.3 cm³/mol. The Morgan fingerprint density at radius 3 is 3.17 bits per heavy atom. The van der Waals surface area contributed by atoms with Crippen LogP contribution in [0.1, 0.15) is 26.5 Å². The number of aryl methyl sites for hydroxylation is 1. The Morgan fingerprint density at radius 1 is 1.56 bits per heavy atom. The molecule has 18 heavy (non-hydrogen) atoms. The average molecular weight is 283 g/mol. The zero-order chi connectivity index (χ0) is 12.5. The fraction of sp³-hybridized carbons (Fsp3) is 0.615. The molecule has 3 heterocycles. The topological polar surface area (TPSA) is 40.5 Å². The number of amides is 1. The molecule has 1 atom stereocenters. The highest BCUT2D eigenvalue weighted by molar-refractivity contribution is 7.98. The molecule has 1 aromatic rings. The second kappa shape index (κ2) is 5.23. The maximum Gasteiger partial charge on any atom is 0.263 e. The van der Waals surface area contributed by atoms with Crippen molar-refractivity contribution in [1.82, 2.24) is 4.90 Å². The van der Waals surface area contributed by atoms with Crippen molar-refractivity contribution in [2.75, 3.05) is 25.4 Å². The Bertz CT molecular complexity index is 434.